The molecule has 0 radical (unpaired) electrons. The van der Waals surface area contributed by atoms with Crippen LogP contribution >= 0.6 is 11.3 Å². The summed E-state index contributed by atoms with van der Waals surface area (Å²) in [4.78, 5) is 38.0. The van der Waals surface area contributed by atoms with Crippen LogP contribution in [0.15, 0.2) is 34.6 Å². The zero-order valence-electron chi connectivity index (χ0n) is 23.4. The number of carbonyl (C=O) groups is 1. The van der Waals surface area contributed by atoms with Crippen LogP contribution in [0.1, 0.15) is 34.8 Å². The molecule has 1 amide bonds. The van der Waals surface area contributed by atoms with E-state index < -0.39 is 34.6 Å². The first kappa shape index (κ1) is 30.1. The summed E-state index contributed by atoms with van der Waals surface area (Å²) in [6, 6.07) is 3.26. The van der Waals surface area contributed by atoms with Crippen LogP contribution in [0.2, 0.25) is 0 Å². The molecule has 0 saturated carbocycles. The lowest BCUT2D eigenvalue weighted by Crippen LogP contribution is -2.55. The van der Waals surface area contributed by atoms with Gasteiger partial charge in [0.05, 0.1) is 48.0 Å². The molecule has 2 fully saturated rings. The van der Waals surface area contributed by atoms with Crippen molar-refractivity contribution in [3.63, 3.8) is 0 Å². The molecular formula is C28H32F4N6O3S. The number of halogens is 4. The van der Waals surface area contributed by atoms with Crippen LogP contribution in [0.3, 0.4) is 0 Å². The van der Waals surface area contributed by atoms with Gasteiger partial charge in [0.15, 0.2) is 0 Å². The SMILES string of the molecule is C[C@@H]1CN(c2cc(F)c(-c3csc(CN4CCOCC4)n3)cc2NC(=O)c2c[nH]c(=O)cc2C(F)(F)F)C[C@H](C)N1C. The van der Waals surface area contributed by atoms with Gasteiger partial charge in [-0.25, -0.2) is 9.37 Å². The topological polar surface area (TPSA) is 93.8 Å². The molecule has 2 aliphatic heterocycles. The highest BCUT2D eigenvalue weighted by Gasteiger charge is 2.36. The van der Waals surface area contributed by atoms with E-state index in [0.717, 1.165) is 24.3 Å². The number of thiazole rings is 1. The van der Waals surface area contributed by atoms with Gasteiger partial charge in [-0.15, -0.1) is 11.3 Å². The number of pyridine rings is 1. The van der Waals surface area contributed by atoms with Crippen LogP contribution in [0, 0.1) is 5.82 Å². The smallest absolute Gasteiger partial charge is 0.379 e. The second-order valence-electron chi connectivity index (χ2n) is 10.7. The van der Waals surface area contributed by atoms with Crippen LogP contribution in [0.4, 0.5) is 28.9 Å². The van der Waals surface area contributed by atoms with E-state index in [2.05, 4.69) is 25.1 Å². The van der Waals surface area contributed by atoms with E-state index in [4.69, 9.17) is 4.74 Å². The van der Waals surface area contributed by atoms with Gasteiger partial charge in [-0.1, -0.05) is 0 Å². The van der Waals surface area contributed by atoms with E-state index in [1.807, 2.05) is 25.8 Å². The number of hydrogen-bond donors (Lipinski definition) is 2. The molecule has 2 atom stereocenters. The number of carbonyl (C=O) groups excluding carboxylic acids is 1. The molecule has 2 aliphatic rings. The van der Waals surface area contributed by atoms with Crippen molar-refractivity contribution in [2.75, 3.05) is 56.7 Å². The molecule has 0 unspecified atom stereocenters. The van der Waals surface area contributed by atoms with Gasteiger partial charge in [0.1, 0.15) is 10.8 Å². The number of likely N-dealkylation sites (N-methyl/N-ethyl adjacent to an activating group) is 1. The van der Waals surface area contributed by atoms with Crippen molar-refractivity contribution in [3.05, 3.63) is 62.1 Å². The summed E-state index contributed by atoms with van der Waals surface area (Å²) < 4.78 is 62.3. The molecule has 42 heavy (non-hydrogen) atoms. The maximum Gasteiger partial charge on any atom is 0.417 e. The molecule has 3 aromatic rings. The van der Waals surface area contributed by atoms with E-state index in [0.29, 0.717) is 50.3 Å². The number of anilines is 2. The van der Waals surface area contributed by atoms with E-state index >= 15 is 4.39 Å². The Morgan fingerprint density at radius 2 is 1.86 bits per heavy atom. The van der Waals surface area contributed by atoms with Crippen molar-refractivity contribution in [1.82, 2.24) is 19.8 Å². The van der Waals surface area contributed by atoms with Gasteiger partial charge in [-0.3, -0.25) is 19.4 Å². The predicted molar refractivity (Wildman–Crippen MR) is 153 cm³/mol. The molecule has 1 aromatic carbocycles. The maximum atomic E-state index is 15.7. The fourth-order valence-electron chi connectivity index (χ4n) is 5.26. The highest BCUT2D eigenvalue weighted by atomic mass is 32.1. The molecule has 14 heteroatoms. The van der Waals surface area contributed by atoms with Gasteiger partial charge in [-0.05, 0) is 27.0 Å². The number of benzene rings is 1. The van der Waals surface area contributed by atoms with Gasteiger partial charge in [0.25, 0.3) is 5.91 Å². The lowest BCUT2D eigenvalue weighted by Gasteiger charge is -2.44. The molecular weight excluding hydrogens is 576 g/mol. The molecule has 0 aliphatic carbocycles. The highest BCUT2D eigenvalue weighted by molar-refractivity contribution is 7.09. The van der Waals surface area contributed by atoms with Crippen LogP contribution < -0.4 is 15.8 Å². The summed E-state index contributed by atoms with van der Waals surface area (Å²) in [7, 11) is 1.99. The second kappa shape index (κ2) is 12.1. The standard InChI is InChI=1S/C28H32F4N6O3S/c1-16-12-38(13-17(2)36(16)3)24-10-21(29)18(23-15-42-26(34-23)14-37-4-6-41-7-5-37)8-22(24)35-27(40)19-11-33-25(39)9-20(19)28(30,31)32/h8-11,15-17H,4-7,12-14H2,1-3H3,(H,33,39)(H,35,40)/t16-,17+. The quantitative estimate of drug-likeness (QED) is 0.404. The van der Waals surface area contributed by atoms with Crippen LogP contribution in [-0.4, -0.2) is 84.2 Å². The largest absolute Gasteiger partial charge is 0.417 e. The zero-order valence-corrected chi connectivity index (χ0v) is 24.2. The Morgan fingerprint density at radius 1 is 1.17 bits per heavy atom. The molecule has 2 N–H and O–H groups in total. The molecule has 226 valence electrons. The Labute approximate surface area is 244 Å². The van der Waals surface area contributed by atoms with E-state index in [9.17, 15) is 22.8 Å². The second-order valence-corrected chi connectivity index (χ2v) is 11.7. The molecule has 2 saturated heterocycles. The zero-order chi connectivity index (χ0) is 30.2. The molecule has 5 rings (SSSR count). The van der Waals surface area contributed by atoms with E-state index in [-0.39, 0.29) is 23.3 Å². The van der Waals surface area contributed by atoms with Crippen molar-refractivity contribution >= 4 is 28.6 Å². The predicted octanol–water partition coefficient (Wildman–Crippen LogP) is 4.27. The third-order valence-electron chi connectivity index (χ3n) is 7.80. The number of ether oxygens (including phenoxy) is 1. The summed E-state index contributed by atoms with van der Waals surface area (Å²) in [5.74, 6) is -1.65. The Kier molecular flexibility index (Phi) is 8.69. The molecule has 2 aromatic heterocycles. The van der Waals surface area contributed by atoms with Crippen molar-refractivity contribution in [1.29, 1.82) is 0 Å². The number of nitrogens with one attached hydrogen (secondary N) is 2. The lowest BCUT2D eigenvalue weighted by molar-refractivity contribution is -0.138. The van der Waals surface area contributed by atoms with Crippen molar-refractivity contribution in [3.8, 4) is 11.3 Å². The van der Waals surface area contributed by atoms with Crippen LogP contribution in [0.25, 0.3) is 11.3 Å². The number of aromatic amines is 1. The average molecular weight is 609 g/mol. The summed E-state index contributed by atoms with van der Waals surface area (Å²) in [6.45, 7) is 8.44. The summed E-state index contributed by atoms with van der Waals surface area (Å²) in [6.07, 6.45) is -4.19. The number of piperazine rings is 1. The number of nitrogens with zero attached hydrogens (tertiary/aromatic N) is 4. The van der Waals surface area contributed by atoms with E-state index in [1.54, 1.807) is 5.38 Å². The fourth-order valence-corrected chi connectivity index (χ4v) is 6.10. The Morgan fingerprint density at radius 3 is 2.52 bits per heavy atom. The van der Waals surface area contributed by atoms with Crippen LogP contribution in [0.5, 0.6) is 0 Å². The van der Waals surface area contributed by atoms with Crippen molar-refractivity contribution in [2.24, 2.45) is 0 Å². The minimum absolute atomic E-state index is 0.0948. The normalized spacial score (nSPS) is 20.6. The highest BCUT2D eigenvalue weighted by Crippen LogP contribution is 2.37. The molecule has 0 spiro atoms. The maximum absolute atomic E-state index is 15.7. The molecule has 4 heterocycles. The fraction of sp³-hybridized carbons (Fsp3) is 0.464. The number of aromatic nitrogens is 2. The summed E-state index contributed by atoms with van der Waals surface area (Å²) in [5.41, 5.74) is -2.13. The lowest BCUT2D eigenvalue weighted by atomic mass is 10.0. The minimum atomic E-state index is -4.93. The number of amides is 1. The third-order valence-corrected chi connectivity index (χ3v) is 8.63. The number of rotatable bonds is 6. The van der Waals surface area contributed by atoms with Crippen molar-refractivity contribution < 1.29 is 27.1 Å². The van der Waals surface area contributed by atoms with Gasteiger partial charge < -0.3 is 19.9 Å². The first-order valence-electron chi connectivity index (χ1n) is 13.6. The number of alkyl halides is 3. The monoisotopic (exact) mass is 608 g/mol. The molecule has 9 nitrogen and oxygen atoms in total. The first-order valence-corrected chi connectivity index (χ1v) is 14.4. The van der Waals surface area contributed by atoms with Gasteiger partial charge >= 0.3 is 6.18 Å². The van der Waals surface area contributed by atoms with Gasteiger partial charge in [0, 0.05) is 67.5 Å². The average Bonchev–Trinajstić information content (AvgIpc) is 3.40. The number of morpholine rings is 1. The van der Waals surface area contributed by atoms with E-state index in [1.165, 1.54) is 23.5 Å². The van der Waals surface area contributed by atoms with Gasteiger partial charge in [-0.2, -0.15) is 13.2 Å². The minimum Gasteiger partial charge on any atom is -0.379 e. The van der Waals surface area contributed by atoms with Crippen LogP contribution in [-0.2, 0) is 17.5 Å². The summed E-state index contributed by atoms with van der Waals surface area (Å²) >= 11 is 1.38. The molecule has 0 bridgehead atoms. The van der Waals surface area contributed by atoms with Gasteiger partial charge in [0.2, 0.25) is 5.56 Å². The summed E-state index contributed by atoms with van der Waals surface area (Å²) in [5, 5.41) is 5.09. The van der Waals surface area contributed by atoms with Crippen molar-refractivity contribution in [2.45, 2.75) is 38.7 Å². The Balaban J connectivity index is 1.52. The number of H-pyrrole nitrogens is 1. The Hall–Kier alpha value is -3.33. The Bertz CT molecular complexity index is 1490. The first-order chi connectivity index (χ1) is 19.9. The number of hydrogen-bond acceptors (Lipinski definition) is 8. The third kappa shape index (κ3) is 6.51.